The molecule has 0 aliphatic rings. The zero-order valence-electron chi connectivity index (χ0n) is 18.5. The van der Waals surface area contributed by atoms with Gasteiger partial charge in [-0.15, -0.1) is 5.10 Å². The molecule has 0 radical (unpaired) electrons. The van der Waals surface area contributed by atoms with E-state index in [9.17, 15) is 23.1 Å². The lowest BCUT2D eigenvalue weighted by Gasteiger charge is -2.13. The molecule has 0 saturated heterocycles. The lowest BCUT2D eigenvalue weighted by Crippen LogP contribution is -2.15. The molecule has 184 valence electrons. The average molecular weight is 544 g/mol. The van der Waals surface area contributed by atoms with Crippen LogP contribution in [0, 0.1) is 18.8 Å². The largest absolute Gasteiger partial charge is 0.416 e. The van der Waals surface area contributed by atoms with Crippen LogP contribution in [0.2, 0.25) is 10.0 Å². The molecule has 3 aromatic rings. The highest BCUT2D eigenvalue weighted by Gasteiger charge is 2.32. The Kier molecular flexibility index (Phi) is 8.01. The predicted molar refractivity (Wildman–Crippen MR) is 128 cm³/mol. The second kappa shape index (κ2) is 10.5. The Balaban J connectivity index is 1.73. The summed E-state index contributed by atoms with van der Waals surface area (Å²) >= 11 is 13.3. The number of halogens is 5. The number of anilines is 1. The highest BCUT2D eigenvalue weighted by molar-refractivity contribution is 7.99. The standard InChI is InChI=1S/C22H18Cl2F3N5O2S/c1-12-8-14(22(25,26)27)10-17(19(12)24)32-20(29-30-31-32)35-11-18(33)28-16-5-4-13(9-15(16)23)6-7-21(2,3)34/h4-5,8-10,34H,11H2,1-3H3,(H,28,33). The summed E-state index contributed by atoms with van der Waals surface area (Å²) in [4.78, 5) is 12.5. The third kappa shape index (κ3) is 7.11. The van der Waals surface area contributed by atoms with E-state index in [1.54, 1.807) is 32.0 Å². The van der Waals surface area contributed by atoms with E-state index in [4.69, 9.17) is 23.2 Å². The average Bonchev–Trinajstić information content (AvgIpc) is 3.21. The van der Waals surface area contributed by atoms with E-state index in [0.29, 0.717) is 11.3 Å². The monoisotopic (exact) mass is 543 g/mol. The second-order valence-corrected chi connectivity index (χ2v) is 9.57. The molecule has 0 spiro atoms. The van der Waals surface area contributed by atoms with Crippen molar-refractivity contribution in [3.05, 3.63) is 57.1 Å². The second-order valence-electron chi connectivity index (χ2n) is 7.84. The van der Waals surface area contributed by atoms with Crippen molar-refractivity contribution in [1.29, 1.82) is 0 Å². The Labute approximate surface area is 213 Å². The molecule has 0 aliphatic carbocycles. The zero-order valence-corrected chi connectivity index (χ0v) is 20.9. The van der Waals surface area contributed by atoms with Gasteiger partial charge in [-0.25, -0.2) is 0 Å². The van der Waals surface area contributed by atoms with Crippen LogP contribution in [0.5, 0.6) is 0 Å². The number of hydrogen-bond donors (Lipinski definition) is 2. The lowest BCUT2D eigenvalue weighted by molar-refractivity contribution is -0.137. The summed E-state index contributed by atoms with van der Waals surface area (Å²) in [6, 6.07) is 6.52. The van der Waals surface area contributed by atoms with Crippen molar-refractivity contribution < 1.29 is 23.1 Å². The molecule has 0 fully saturated rings. The van der Waals surface area contributed by atoms with Crippen LogP contribution in [0.4, 0.5) is 18.9 Å². The fraction of sp³-hybridized carbons (Fsp3) is 0.273. The van der Waals surface area contributed by atoms with E-state index in [0.717, 1.165) is 28.6 Å². The molecule has 35 heavy (non-hydrogen) atoms. The SMILES string of the molecule is Cc1cc(C(F)(F)F)cc(-n2nnnc2SCC(=O)Nc2ccc(C#CC(C)(C)O)cc2Cl)c1Cl. The van der Waals surface area contributed by atoms with Crippen LogP contribution in [0.3, 0.4) is 0 Å². The first-order valence-corrected chi connectivity index (χ1v) is 11.6. The number of carbonyl (C=O) groups excluding carboxylic acids is 1. The van der Waals surface area contributed by atoms with Gasteiger partial charge in [0.25, 0.3) is 0 Å². The summed E-state index contributed by atoms with van der Waals surface area (Å²) in [7, 11) is 0. The molecule has 0 aliphatic heterocycles. The molecular formula is C22H18Cl2F3N5O2S. The first-order valence-electron chi connectivity index (χ1n) is 9.88. The van der Waals surface area contributed by atoms with Crippen molar-refractivity contribution in [2.75, 3.05) is 11.1 Å². The molecule has 1 aromatic heterocycles. The normalized spacial score (nSPS) is 11.7. The summed E-state index contributed by atoms with van der Waals surface area (Å²) < 4.78 is 40.8. The number of amides is 1. The van der Waals surface area contributed by atoms with E-state index in [-0.39, 0.29) is 32.2 Å². The summed E-state index contributed by atoms with van der Waals surface area (Å²) in [5.41, 5.74) is -1.03. The minimum atomic E-state index is -4.58. The quantitative estimate of drug-likeness (QED) is 0.341. The fourth-order valence-corrected chi connectivity index (χ4v) is 3.83. The highest BCUT2D eigenvalue weighted by atomic mass is 35.5. The van der Waals surface area contributed by atoms with Gasteiger partial charge in [0.1, 0.15) is 5.60 Å². The fourth-order valence-electron chi connectivity index (χ4n) is 2.72. The predicted octanol–water partition coefficient (Wildman–Crippen LogP) is 5.15. The number of aliphatic hydroxyl groups is 1. The minimum absolute atomic E-state index is 0.0520. The van der Waals surface area contributed by atoms with Gasteiger partial charge in [0.05, 0.1) is 32.7 Å². The smallest absolute Gasteiger partial charge is 0.378 e. The number of alkyl halides is 3. The van der Waals surface area contributed by atoms with Crippen LogP contribution in [0.1, 0.15) is 30.5 Å². The summed E-state index contributed by atoms with van der Waals surface area (Å²) in [5.74, 6) is 4.84. The number of rotatable bonds is 5. The molecule has 2 aromatic carbocycles. The van der Waals surface area contributed by atoms with Gasteiger partial charge in [0.2, 0.25) is 11.1 Å². The Morgan fingerprint density at radius 1 is 1.23 bits per heavy atom. The highest BCUT2D eigenvalue weighted by Crippen LogP contribution is 2.36. The van der Waals surface area contributed by atoms with Gasteiger partial charge in [0.15, 0.2) is 0 Å². The maximum atomic E-state index is 13.2. The van der Waals surface area contributed by atoms with E-state index in [2.05, 4.69) is 32.7 Å². The van der Waals surface area contributed by atoms with E-state index >= 15 is 0 Å². The lowest BCUT2D eigenvalue weighted by atomic mass is 10.1. The van der Waals surface area contributed by atoms with Gasteiger partial charge in [-0.2, -0.15) is 17.9 Å². The summed E-state index contributed by atoms with van der Waals surface area (Å²) in [5, 5.41) is 23.7. The van der Waals surface area contributed by atoms with Crippen LogP contribution in [0.15, 0.2) is 35.5 Å². The van der Waals surface area contributed by atoms with Gasteiger partial charge in [-0.05, 0) is 67.1 Å². The molecule has 0 unspecified atom stereocenters. The van der Waals surface area contributed by atoms with Gasteiger partial charge in [0, 0.05) is 5.56 Å². The maximum absolute atomic E-state index is 13.2. The van der Waals surface area contributed by atoms with E-state index < -0.39 is 23.2 Å². The van der Waals surface area contributed by atoms with E-state index in [1.807, 2.05) is 0 Å². The number of benzene rings is 2. The number of nitrogens with one attached hydrogen (secondary N) is 1. The summed E-state index contributed by atoms with van der Waals surface area (Å²) in [6.45, 7) is 4.54. The third-order valence-electron chi connectivity index (χ3n) is 4.32. The van der Waals surface area contributed by atoms with Crippen molar-refractivity contribution in [3.8, 4) is 17.5 Å². The molecular weight excluding hydrogens is 526 g/mol. The Morgan fingerprint density at radius 3 is 2.57 bits per heavy atom. The maximum Gasteiger partial charge on any atom is 0.416 e. The molecule has 1 amide bonds. The van der Waals surface area contributed by atoms with Crippen LogP contribution in [0.25, 0.3) is 5.69 Å². The number of carbonyl (C=O) groups is 1. The number of nitrogens with zero attached hydrogens (tertiary/aromatic N) is 4. The van der Waals surface area contributed by atoms with Crippen molar-refractivity contribution in [2.45, 2.75) is 37.7 Å². The van der Waals surface area contributed by atoms with E-state index in [1.165, 1.54) is 6.92 Å². The van der Waals surface area contributed by atoms with Crippen LogP contribution in [-0.4, -0.2) is 42.6 Å². The molecule has 2 N–H and O–H groups in total. The first-order chi connectivity index (χ1) is 16.2. The first kappa shape index (κ1) is 26.8. The number of tetrazole rings is 1. The third-order valence-corrected chi connectivity index (χ3v) is 6.04. The van der Waals surface area contributed by atoms with Crippen molar-refractivity contribution in [2.24, 2.45) is 0 Å². The zero-order chi connectivity index (χ0) is 26.0. The number of aryl methyl sites for hydroxylation is 1. The molecule has 7 nitrogen and oxygen atoms in total. The summed E-state index contributed by atoms with van der Waals surface area (Å²) in [6.07, 6.45) is -4.58. The van der Waals surface area contributed by atoms with Crippen molar-refractivity contribution in [1.82, 2.24) is 20.2 Å². The minimum Gasteiger partial charge on any atom is -0.378 e. The number of aromatic nitrogens is 4. The molecule has 3 rings (SSSR count). The molecule has 0 bridgehead atoms. The Hall–Kier alpha value is -2.78. The van der Waals surface area contributed by atoms with Gasteiger partial charge in [-0.1, -0.05) is 46.8 Å². The van der Waals surface area contributed by atoms with Crippen molar-refractivity contribution >= 4 is 46.6 Å². The van der Waals surface area contributed by atoms with Gasteiger partial charge >= 0.3 is 6.18 Å². The van der Waals surface area contributed by atoms with Crippen LogP contribution >= 0.6 is 35.0 Å². The molecule has 0 atom stereocenters. The Bertz CT molecular complexity index is 1330. The number of hydrogen-bond acceptors (Lipinski definition) is 6. The van der Waals surface area contributed by atoms with Crippen LogP contribution in [-0.2, 0) is 11.0 Å². The Morgan fingerprint density at radius 2 is 1.94 bits per heavy atom. The van der Waals surface area contributed by atoms with Gasteiger partial charge < -0.3 is 10.4 Å². The molecule has 0 saturated carbocycles. The molecule has 13 heteroatoms. The number of thioether (sulfide) groups is 1. The van der Waals surface area contributed by atoms with Crippen molar-refractivity contribution in [3.63, 3.8) is 0 Å². The van der Waals surface area contributed by atoms with Crippen LogP contribution < -0.4 is 5.32 Å². The topological polar surface area (TPSA) is 92.9 Å². The van der Waals surface area contributed by atoms with Gasteiger partial charge in [-0.3, -0.25) is 4.79 Å². The molecule has 1 heterocycles.